The van der Waals surface area contributed by atoms with E-state index in [1.165, 1.54) is 6.92 Å². The average molecular weight is 256 g/mol. The Morgan fingerprint density at radius 2 is 1.61 bits per heavy atom. The Hall–Kier alpha value is -1.00. The van der Waals surface area contributed by atoms with Gasteiger partial charge in [-0.05, 0) is 46.6 Å². The van der Waals surface area contributed by atoms with E-state index in [4.69, 9.17) is 0 Å². The van der Waals surface area contributed by atoms with Crippen molar-refractivity contribution in [1.29, 1.82) is 0 Å². The zero-order valence-corrected chi connectivity index (χ0v) is 12.1. The van der Waals surface area contributed by atoms with Crippen LogP contribution in [0.4, 0.5) is 0 Å². The molecule has 0 bridgehead atoms. The van der Waals surface area contributed by atoms with Gasteiger partial charge in [0.15, 0.2) is 0 Å². The largest absolute Gasteiger partial charge is 0.392 e. The lowest BCUT2D eigenvalue weighted by Gasteiger charge is -2.27. The molecule has 0 radical (unpaired) electrons. The molecule has 0 aromatic carbocycles. The standard InChI is InChI=1S/C14H24O4/c1-7-11(16)14(5,6)13(18)12(17)9(3)8(2)10(4)15/h10-11,15-16H,7H2,1-6H3/b9-8+/t10-,11-/m0/s1. The number of carbonyl (C=O) groups is 2. The number of Topliss-reactive ketones (excluding diaryl/α,β-unsaturated/α-hetero) is 2. The summed E-state index contributed by atoms with van der Waals surface area (Å²) in [5.41, 5.74) is -0.368. The summed E-state index contributed by atoms with van der Waals surface area (Å²) in [5.74, 6) is -1.25. The van der Waals surface area contributed by atoms with E-state index < -0.39 is 29.2 Å². The highest BCUT2D eigenvalue weighted by Crippen LogP contribution is 2.26. The minimum absolute atomic E-state index is 0.256. The molecule has 0 saturated heterocycles. The van der Waals surface area contributed by atoms with Crippen molar-refractivity contribution in [2.24, 2.45) is 5.41 Å². The first kappa shape index (κ1) is 17.0. The molecule has 0 aromatic heterocycles. The van der Waals surface area contributed by atoms with Gasteiger partial charge in [0, 0.05) is 5.57 Å². The second kappa shape index (κ2) is 6.25. The van der Waals surface area contributed by atoms with Crippen LogP contribution in [0.2, 0.25) is 0 Å². The van der Waals surface area contributed by atoms with Crippen molar-refractivity contribution in [3.05, 3.63) is 11.1 Å². The summed E-state index contributed by atoms with van der Waals surface area (Å²) in [6.07, 6.45) is -1.21. The number of hydrogen-bond acceptors (Lipinski definition) is 4. The first-order chi connectivity index (χ1) is 8.07. The quantitative estimate of drug-likeness (QED) is 0.559. The zero-order valence-electron chi connectivity index (χ0n) is 12.1. The molecule has 0 saturated carbocycles. The van der Waals surface area contributed by atoms with Crippen molar-refractivity contribution in [2.75, 3.05) is 0 Å². The predicted molar refractivity (Wildman–Crippen MR) is 70.1 cm³/mol. The third-order valence-corrected chi connectivity index (χ3v) is 3.57. The predicted octanol–water partition coefficient (Wildman–Crippen LogP) is 1.64. The van der Waals surface area contributed by atoms with Gasteiger partial charge in [-0.3, -0.25) is 9.59 Å². The van der Waals surface area contributed by atoms with E-state index in [1.807, 2.05) is 0 Å². The topological polar surface area (TPSA) is 74.6 Å². The number of rotatable bonds is 6. The molecule has 0 amide bonds. The highest BCUT2D eigenvalue weighted by Gasteiger charge is 2.39. The maximum Gasteiger partial charge on any atom is 0.224 e. The fourth-order valence-corrected chi connectivity index (χ4v) is 1.62. The Kier molecular flexibility index (Phi) is 5.90. The van der Waals surface area contributed by atoms with E-state index in [-0.39, 0.29) is 5.57 Å². The van der Waals surface area contributed by atoms with Gasteiger partial charge in [0.25, 0.3) is 0 Å². The van der Waals surface area contributed by atoms with Crippen LogP contribution in [-0.2, 0) is 9.59 Å². The summed E-state index contributed by atoms with van der Waals surface area (Å²) in [6.45, 7) is 9.57. The Balaban J connectivity index is 5.26. The van der Waals surface area contributed by atoms with Gasteiger partial charge >= 0.3 is 0 Å². The summed E-state index contributed by atoms with van der Waals surface area (Å²) in [6, 6.07) is 0. The molecule has 0 aliphatic heterocycles. The van der Waals surface area contributed by atoms with E-state index in [9.17, 15) is 19.8 Å². The van der Waals surface area contributed by atoms with Gasteiger partial charge in [-0.15, -0.1) is 0 Å². The Morgan fingerprint density at radius 1 is 1.17 bits per heavy atom. The van der Waals surface area contributed by atoms with Crippen LogP contribution in [0.5, 0.6) is 0 Å². The zero-order chi connectivity index (χ0) is 14.7. The van der Waals surface area contributed by atoms with Crippen molar-refractivity contribution in [3.8, 4) is 0 Å². The molecule has 104 valence electrons. The second-order valence-corrected chi connectivity index (χ2v) is 5.29. The first-order valence-electron chi connectivity index (χ1n) is 6.19. The Morgan fingerprint density at radius 3 is 1.94 bits per heavy atom. The van der Waals surface area contributed by atoms with Gasteiger partial charge in [0.2, 0.25) is 11.6 Å². The normalized spacial score (nSPS) is 16.9. The van der Waals surface area contributed by atoms with E-state index in [1.54, 1.807) is 34.6 Å². The number of hydrogen-bond donors (Lipinski definition) is 2. The molecule has 0 aliphatic rings. The molecule has 0 rings (SSSR count). The van der Waals surface area contributed by atoms with E-state index in [0.717, 1.165) is 0 Å². The molecule has 0 fully saturated rings. The lowest BCUT2D eigenvalue weighted by Crippen LogP contribution is -2.41. The molecular weight excluding hydrogens is 232 g/mol. The van der Waals surface area contributed by atoms with Crippen LogP contribution in [-0.4, -0.2) is 34.0 Å². The maximum atomic E-state index is 12.1. The molecule has 4 nitrogen and oxygen atoms in total. The molecule has 0 heterocycles. The van der Waals surface area contributed by atoms with Crippen LogP contribution >= 0.6 is 0 Å². The monoisotopic (exact) mass is 256 g/mol. The number of aliphatic hydroxyl groups excluding tert-OH is 2. The molecule has 4 heteroatoms. The van der Waals surface area contributed by atoms with Crippen LogP contribution in [0.15, 0.2) is 11.1 Å². The minimum Gasteiger partial charge on any atom is -0.392 e. The number of carbonyl (C=O) groups excluding carboxylic acids is 2. The van der Waals surface area contributed by atoms with Crippen molar-refractivity contribution in [2.45, 2.75) is 60.2 Å². The number of allylic oxidation sites excluding steroid dienone is 1. The lowest BCUT2D eigenvalue weighted by molar-refractivity contribution is -0.143. The van der Waals surface area contributed by atoms with Crippen LogP contribution in [0.1, 0.15) is 48.0 Å². The van der Waals surface area contributed by atoms with Crippen LogP contribution in [0, 0.1) is 5.41 Å². The smallest absolute Gasteiger partial charge is 0.224 e. The summed E-state index contributed by atoms with van der Waals surface area (Å²) in [5, 5.41) is 19.2. The van der Waals surface area contributed by atoms with Gasteiger partial charge in [-0.2, -0.15) is 0 Å². The molecule has 2 N–H and O–H groups in total. The van der Waals surface area contributed by atoms with Gasteiger partial charge in [-0.1, -0.05) is 6.92 Å². The number of aliphatic hydroxyl groups is 2. The van der Waals surface area contributed by atoms with Crippen molar-refractivity contribution in [3.63, 3.8) is 0 Å². The van der Waals surface area contributed by atoms with Gasteiger partial charge in [0.1, 0.15) is 0 Å². The third kappa shape index (κ3) is 3.50. The Bertz CT molecular complexity index is 364. The third-order valence-electron chi connectivity index (χ3n) is 3.57. The van der Waals surface area contributed by atoms with Crippen molar-refractivity contribution < 1.29 is 19.8 Å². The van der Waals surface area contributed by atoms with Crippen LogP contribution < -0.4 is 0 Å². The number of ketones is 2. The van der Waals surface area contributed by atoms with E-state index in [2.05, 4.69) is 0 Å². The van der Waals surface area contributed by atoms with E-state index >= 15 is 0 Å². The Labute approximate surface area is 109 Å². The maximum absolute atomic E-state index is 12.1. The molecule has 18 heavy (non-hydrogen) atoms. The van der Waals surface area contributed by atoms with Gasteiger partial charge in [0.05, 0.1) is 17.6 Å². The SMILES string of the molecule is CC[C@H](O)C(C)(C)C(=O)C(=O)/C(C)=C(\C)[C@H](C)O. The molecule has 0 unspecified atom stereocenters. The fourth-order valence-electron chi connectivity index (χ4n) is 1.62. The highest BCUT2D eigenvalue weighted by molar-refractivity contribution is 6.45. The molecule has 0 aliphatic carbocycles. The lowest BCUT2D eigenvalue weighted by atomic mass is 9.77. The van der Waals surface area contributed by atoms with Crippen molar-refractivity contribution >= 4 is 11.6 Å². The first-order valence-corrected chi connectivity index (χ1v) is 6.19. The molecule has 0 aromatic rings. The van der Waals surface area contributed by atoms with Gasteiger partial charge < -0.3 is 10.2 Å². The van der Waals surface area contributed by atoms with Crippen LogP contribution in [0.3, 0.4) is 0 Å². The highest BCUT2D eigenvalue weighted by atomic mass is 16.3. The van der Waals surface area contributed by atoms with Gasteiger partial charge in [-0.25, -0.2) is 0 Å². The van der Waals surface area contributed by atoms with E-state index in [0.29, 0.717) is 12.0 Å². The summed E-state index contributed by atoms with van der Waals surface area (Å²) in [4.78, 5) is 24.1. The molecule has 2 atom stereocenters. The molecule has 0 spiro atoms. The minimum atomic E-state index is -1.11. The summed E-state index contributed by atoms with van der Waals surface area (Å²) < 4.78 is 0. The summed E-state index contributed by atoms with van der Waals surface area (Å²) >= 11 is 0. The van der Waals surface area contributed by atoms with Crippen molar-refractivity contribution in [1.82, 2.24) is 0 Å². The average Bonchev–Trinajstić information content (AvgIpc) is 2.33. The second-order valence-electron chi connectivity index (χ2n) is 5.29. The van der Waals surface area contributed by atoms with Crippen LogP contribution in [0.25, 0.3) is 0 Å². The fraction of sp³-hybridized carbons (Fsp3) is 0.714. The summed E-state index contributed by atoms with van der Waals surface area (Å²) in [7, 11) is 0. The molecular formula is C14H24O4.